The molecule has 3 aromatic rings. The van der Waals surface area contributed by atoms with Crippen molar-refractivity contribution in [3.8, 4) is 5.75 Å². The maximum absolute atomic E-state index is 12.9. The van der Waals surface area contributed by atoms with E-state index in [1.165, 1.54) is 0 Å². The predicted molar refractivity (Wildman–Crippen MR) is 121 cm³/mol. The van der Waals surface area contributed by atoms with Gasteiger partial charge in [-0.05, 0) is 49.8 Å². The first-order chi connectivity index (χ1) is 15.1. The van der Waals surface area contributed by atoms with Crippen molar-refractivity contribution in [2.45, 2.75) is 13.3 Å². The summed E-state index contributed by atoms with van der Waals surface area (Å²) in [6.07, 6.45) is 4.14. The van der Waals surface area contributed by atoms with Crippen LogP contribution in [0.3, 0.4) is 0 Å². The number of rotatable bonds is 10. The lowest BCUT2D eigenvalue weighted by Crippen LogP contribution is -2.35. The minimum absolute atomic E-state index is 0.161. The largest absolute Gasteiger partial charge is 0.497 e. The molecule has 7 nitrogen and oxygen atoms in total. The van der Waals surface area contributed by atoms with Crippen LogP contribution in [0.4, 0.5) is 0 Å². The molecule has 0 saturated heterocycles. The van der Waals surface area contributed by atoms with Gasteiger partial charge in [0.2, 0.25) is 0 Å². The molecule has 0 fully saturated rings. The molecule has 7 heteroatoms. The van der Waals surface area contributed by atoms with Gasteiger partial charge in [0.1, 0.15) is 11.4 Å². The van der Waals surface area contributed by atoms with Gasteiger partial charge in [-0.15, -0.1) is 0 Å². The predicted octanol–water partition coefficient (Wildman–Crippen LogP) is 3.49. The third-order valence-corrected chi connectivity index (χ3v) is 4.70. The minimum atomic E-state index is -0.363. The Morgan fingerprint density at radius 1 is 1.13 bits per heavy atom. The van der Waals surface area contributed by atoms with Crippen LogP contribution in [0.1, 0.15) is 29.3 Å². The van der Waals surface area contributed by atoms with Crippen LogP contribution in [-0.2, 0) is 9.53 Å². The molecule has 2 amide bonds. The lowest BCUT2D eigenvalue weighted by atomic mass is 10.1. The summed E-state index contributed by atoms with van der Waals surface area (Å²) in [6, 6.07) is 14.4. The summed E-state index contributed by atoms with van der Waals surface area (Å²) in [7, 11) is 1.60. The lowest BCUT2D eigenvalue weighted by molar-refractivity contribution is -0.117. The molecule has 2 aromatic carbocycles. The van der Waals surface area contributed by atoms with Gasteiger partial charge in [0.15, 0.2) is 0 Å². The van der Waals surface area contributed by atoms with Crippen LogP contribution in [0.15, 0.2) is 60.4 Å². The molecule has 1 heterocycles. The number of benzene rings is 2. The standard InChI is InChI=1S/C24H27N3O4/c1-3-31-13-7-12-25-24(29)22(27-23(28)17-8-5-4-6-9-17)14-18-16-26-21-11-10-19(30-2)15-20(18)21/h4-6,8-11,14-16,26H,3,7,12-13H2,1-2H3,(H,25,29)(H,27,28)/b22-14-. The Labute approximate surface area is 181 Å². The second-order valence-corrected chi connectivity index (χ2v) is 6.84. The van der Waals surface area contributed by atoms with E-state index < -0.39 is 0 Å². The normalized spacial score (nSPS) is 11.4. The van der Waals surface area contributed by atoms with Crippen molar-refractivity contribution >= 4 is 28.8 Å². The lowest BCUT2D eigenvalue weighted by Gasteiger charge is -2.11. The molecule has 0 aliphatic carbocycles. The fourth-order valence-electron chi connectivity index (χ4n) is 3.08. The zero-order valence-electron chi connectivity index (χ0n) is 17.7. The van der Waals surface area contributed by atoms with Gasteiger partial charge >= 0.3 is 0 Å². The molecule has 31 heavy (non-hydrogen) atoms. The number of H-pyrrole nitrogens is 1. The number of carbonyl (C=O) groups excluding carboxylic acids is 2. The fourth-order valence-corrected chi connectivity index (χ4v) is 3.08. The van der Waals surface area contributed by atoms with Crippen LogP contribution < -0.4 is 15.4 Å². The van der Waals surface area contributed by atoms with Gasteiger partial charge in [-0.1, -0.05) is 18.2 Å². The van der Waals surface area contributed by atoms with E-state index in [2.05, 4.69) is 15.6 Å². The quantitative estimate of drug-likeness (QED) is 0.345. The first-order valence-corrected chi connectivity index (χ1v) is 10.2. The van der Waals surface area contributed by atoms with E-state index in [9.17, 15) is 9.59 Å². The van der Waals surface area contributed by atoms with Crippen molar-refractivity contribution in [1.82, 2.24) is 15.6 Å². The van der Waals surface area contributed by atoms with E-state index in [0.717, 1.165) is 16.5 Å². The van der Waals surface area contributed by atoms with E-state index in [-0.39, 0.29) is 17.5 Å². The fraction of sp³-hybridized carbons (Fsp3) is 0.250. The van der Waals surface area contributed by atoms with Gasteiger partial charge in [0, 0.05) is 48.0 Å². The van der Waals surface area contributed by atoms with Crippen molar-refractivity contribution in [3.05, 3.63) is 71.6 Å². The maximum Gasteiger partial charge on any atom is 0.267 e. The summed E-state index contributed by atoms with van der Waals surface area (Å²) >= 11 is 0. The molecular formula is C24H27N3O4. The molecule has 162 valence electrons. The number of aromatic nitrogens is 1. The van der Waals surface area contributed by atoms with Crippen LogP contribution in [0.2, 0.25) is 0 Å². The summed E-state index contributed by atoms with van der Waals surface area (Å²) < 4.78 is 10.6. The monoisotopic (exact) mass is 421 g/mol. The molecule has 1 aromatic heterocycles. The number of amides is 2. The SMILES string of the molecule is CCOCCCNC(=O)/C(=C/c1c[nH]c2ccc(OC)cc12)NC(=O)c1ccccc1. The van der Waals surface area contributed by atoms with Crippen LogP contribution in [0.5, 0.6) is 5.75 Å². The van der Waals surface area contributed by atoms with Crippen LogP contribution in [0, 0.1) is 0 Å². The van der Waals surface area contributed by atoms with Crippen molar-refractivity contribution < 1.29 is 19.1 Å². The van der Waals surface area contributed by atoms with Crippen LogP contribution in [0.25, 0.3) is 17.0 Å². The molecule has 0 bridgehead atoms. The molecule has 0 aliphatic rings. The summed E-state index contributed by atoms with van der Waals surface area (Å²) in [6.45, 7) is 3.57. The van der Waals surface area contributed by atoms with Crippen molar-refractivity contribution in [1.29, 1.82) is 0 Å². The molecular weight excluding hydrogens is 394 g/mol. The van der Waals surface area contributed by atoms with Crippen molar-refractivity contribution in [3.63, 3.8) is 0 Å². The Morgan fingerprint density at radius 2 is 1.94 bits per heavy atom. The molecule has 0 unspecified atom stereocenters. The first kappa shape index (κ1) is 22.1. The Balaban J connectivity index is 1.86. The maximum atomic E-state index is 12.9. The highest BCUT2D eigenvalue weighted by Crippen LogP contribution is 2.25. The summed E-state index contributed by atoms with van der Waals surface area (Å²) in [5.74, 6) is -0.0104. The highest BCUT2D eigenvalue weighted by molar-refractivity contribution is 6.06. The molecule has 0 atom stereocenters. The number of nitrogens with one attached hydrogen (secondary N) is 3. The Bertz CT molecular complexity index is 1060. The van der Waals surface area contributed by atoms with E-state index in [4.69, 9.17) is 9.47 Å². The van der Waals surface area contributed by atoms with Crippen LogP contribution in [-0.4, -0.2) is 43.7 Å². The zero-order chi connectivity index (χ0) is 22.1. The summed E-state index contributed by atoms with van der Waals surface area (Å²) in [5.41, 5.74) is 2.30. The molecule has 0 saturated carbocycles. The van der Waals surface area contributed by atoms with Crippen molar-refractivity contribution in [2.75, 3.05) is 26.9 Å². The highest BCUT2D eigenvalue weighted by Gasteiger charge is 2.15. The molecule has 3 rings (SSSR count). The zero-order valence-corrected chi connectivity index (χ0v) is 17.7. The number of fused-ring (bicyclic) bond motifs is 1. The summed E-state index contributed by atoms with van der Waals surface area (Å²) in [4.78, 5) is 28.7. The third-order valence-electron chi connectivity index (χ3n) is 4.70. The van der Waals surface area contributed by atoms with E-state index in [1.807, 2.05) is 31.2 Å². The highest BCUT2D eigenvalue weighted by atomic mass is 16.5. The molecule has 0 radical (unpaired) electrons. The number of aromatic amines is 1. The second-order valence-electron chi connectivity index (χ2n) is 6.84. The third kappa shape index (κ3) is 5.96. The Kier molecular flexibility index (Phi) is 7.84. The number of carbonyl (C=O) groups is 2. The topological polar surface area (TPSA) is 92.4 Å². The Morgan fingerprint density at radius 3 is 2.68 bits per heavy atom. The number of methoxy groups -OCH3 is 1. The second kappa shape index (κ2) is 11.0. The first-order valence-electron chi connectivity index (χ1n) is 10.2. The summed E-state index contributed by atoms with van der Waals surface area (Å²) in [5, 5.41) is 6.48. The van der Waals surface area contributed by atoms with Gasteiger partial charge in [-0.25, -0.2) is 0 Å². The molecule has 0 aliphatic heterocycles. The van der Waals surface area contributed by atoms with Gasteiger partial charge < -0.3 is 25.1 Å². The van der Waals surface area contributed by atoms with E-state index in [1.54, 1.807) is 43.6 Å². The molecule has 3 N–H and O–H groups in total. The number of ether oxygens (including phenoxy) is 2. The van der Waals surface area contributed by atoms with Gasteiger partial charge in [0.05, 0.1) is 7.11 Å². The Hall–Kier alpha value is -3.58. The van der Waals surface area contributed by atoms with E-state index >= 15 is 0 Å². The van der Waals surface area contributed by atoms with Crippen LogP contribution >= 0.6 is 0 Å². The minimum Gasteiger partial charge on any atom is -0.497 e. The molecule has 0 spiro atoms. The van der Waals surface area contributed by atoms with Gasteiger partial charge in [-0.2, -0.15) is 0 Å². The van der Waals surface area contributed by atoms with Gasteiger partial charge in [-0.3, -0.25) is 9.59 Å². The van der Waals surface area contributed by atoms with Crippen molar-refractivity contribution in [2.24, 2.45) is 0 Å². The van der Waals surface area contributed by atoms with Gasteiger partial charge in [0.25, 0.3) is 11.8 Å². The number of hydrogen-bond acceptors (Lipinski definition) is 4. The smallest absolute Gasteiger partial charge is 0.267 e. The van der Waals surface area contributed by atoms with E-state index in [0.29, 0.717) is 37.5 Å². The average molecular weight is 421 g/mol. The average Bonchev–Trinajstić information content (AvgIpc) is 3.20. The number of hydrogen-bond donors (Lipinski definition) is 3.